The molecule has 0 spiro atoms. The smallest absolute Gasteiger partial charge is 0.308 e. The highest BCUT2D eigenvalue weighted by Gasteiger charge is 2.28. The van der Waals surface area contributed by atoms with E-state index in [0.717, 1.165) is 40.8 Å². The third kappa shape index (κ3) is 12.4. The lowest BCUT2D eigenvalue weighted by atomic mass is 9.84. The number of unbranched alkanes of at least 4 members (excludes halogenated alkanes) is 7. The first-order valence-corrected chi connectivity index (χ1v) is 24.8. The zero-order valence-corrected chi connectivity index (χ0v) is 33.0. The average molecular weight is 695 g/mol. The van der Waals surface area contributed by atoms with Crippen molar-refractivity contribution >= 4 is 22.6 Å². The molecule has 0 fully saturated rings. The minimum absolute atomic E-state index is 0.188. The van der Waals surface area contributed by atoms with E-state index >= 15 is 0 Å². The van der Waals surface area contributed by atoms with E-state index in [4.69, 9.17) is 13.6 Å². The minimum atomic E-state index is -1.52. The number of methoxy groups -OCH3 is 1. The van der Waals surface area contributed by atoms with E-state index in [9.17, 15) is 4.79 Å². The van der Waals surface area contributed by atoms with Crippen molar-refractivity contribution in [1.82, 2.24) is 0 Å². The van der Waals surface area contributed by atoms with Crippen molar-refractivity contribution < 1.29 is 18.4 Å². The van der Waals surface area contributed by atoms with Crippen LogP contribution >= 0.6 is 0 Å². The van der Waals surface area contributed by atoms with Gasteiger partial charge in [-0.1, -0.05) is 124 Å². The van der Waals surface area contributed by atoms with Crippen LogP contribution in [0.1, 0.15) is 81.8 Å². The number of rotatable bonds is 19. The molecule has 49 heavy (non-hydrogen) atoms. The molecule has 1 unspecified atom stereocenters. The first kappa shape index (κ1) is 38.3. The highest BCUT2D eigenvalue weighted by Crippen LogP contribution is 2.40. The third-order valence-corrected chi connectivity index (χ3v) is 15.3. The molecule has 0 aliphatic heterocycles. The van der Waals surface area contributed by atoms with E-state index in [2.05, 4.69) is 99.5 Å². The van der Waals surface area contributed by atoms with Gasteiger partial charge in [-0.05, 0) is 91.7 Å². The fourth-order valence-electron chi connectivity index (χ4n) is 7.00. The molecule has 0 saturated heterocycles. The number of benzene rings is 4. The molecule has 0 aliphatic rings. The van der Waals surface area contributed by atoms with Gasteiger partial charge in [-0.2, -0.15) is 0 Å². The van der Waals surface area contributed by atoms with E-state index in [1.807, 2.05) is 30.3 Å². The highest BCUT2D eigenvalue weighted by molar-refractivity contribution is 6.84. The van der Waals surface area contributed by atoms with Gasteiger partial charge in [0.15, 0.2) is 16.6 Å². The van der Waals surface area contributed by atoms with E-state index in [1.54, 1.807) is 7.11 Å². The molecule has 0 amide bonds. The Morgan fingerprint density at radius 3 is 1.57 bits per heavy atom. The van der Waals surface area contributed by atoms with E-state index in [1.165, 1.54) is 69.0 Å². The van der Waals surface area contributed by atoms with Crippen LogP contribution in [-0.4, -0.2) is 29.7 Å². The Morgan fingerprint density at radius 2 is 1.08 bits per heavy atom. The summed E-state index contributed by atoms with van der Waals surface area (Å²) in [6, 6.07) is 34.9. The van der Waals surface area contributed by atoms with Gasteiger partial charge in [0.2, 0.25) is 0 Å². The summed E-state index contributed by atoms with van der Waals surface area (Å²) in [5.41, 5.74) is 6.71. The summed E-state index contributed by atoms with van der Waals surface area (Å²) in [5, 5.41) is 0. The molecule has 0 bridgehead atoms. The van der Waals surface area contributed by atoms with Crippen LogP contribution in [0.4, 0.5) is 0 Å². The molecule has 6 heteroatoms. The lowest BCUT2D eigenvalue weighted by molar-refractivity contribution is -0.131. The topological polar surface area (TPSA) is 44.8 Å². The van der Waals surface area contributed by atoms with Crippen LogP contribution in [0.3, 0.4) is 0 Å². The van der Waals surface area contributed by atoms with Gasteiger partial charge >= 0.3 is 5.97 Å². The molecule has 0 saturated carbocycles. The predicted octanol–water partition coefficient (Wildman–Crippen LogP) is 12.7. The summed E-state index contributed by atoms with van der Waals surface area (Å²) in [7, 11) is -1.23. The highest BCUT2D eigenvalue weighted by atomic mass is 28.4. The van der Waals surface area contributed by atoms with Crippen molar-refractivity contribution in [2.75, 3.05) is 7.11 Å². The van der Waals surface area contributed by atoms with Crippen LogP contribution in [-0.2, 0) is 8.91 Å². The summed E-state index contributed by atoms with van der Waals surface area (Å²) in [4.78, 5) is 12.0. The van der Waals surface area contributed by atoms with Crippen LogP contribution in [0.5, 0.6) is 11.5 Å². The van der Waals surface area contributed by atoms with Crippen molar-refractivity contribution in [1.29, 1.82) is 0 Å². The summed E-state index contributed by atoms with van der Waals surface area (Å²) < 4.78 is 18.0. The molecule has 4 aromatic rings. The number of carbonyl (C=O) groups excluding carboxylic acids is 1. The number of hydrogen-bond donors (Lipinski definition) is 0. The molecule has 0 heterocycles. The lowest BCUT2D eigenvalue weighted by Crippen LogP contribution is -2.42. The molecule has 0 radical (unpaired) electrons. The maximum Gasteiger partial charge on any atom is 0.308 e. The Kier molecular flexibility index (Phi) is 14.5. The predicted molar refractivity (Wildman–Crippen MR) is 212 cm³/mol. The number of ether oxygens (including phenoxy) is 2. The number of carbonyl (C=O) groups is 1. The van der Waals surface area contributed by atoms with E-state index in [-0.39, 0.29) is 11.9 Å². The van der Waals surface area contributed by atoms with Crippen LogP contribution in [0.15, 0.2) is 97.1 Å². The number of esters is 1. The third-order valence-electron chi connectivity index (χ3n) is 9.06. The molecule has 4 nitrogen and oxygen atoms in total. The Morgan fingerprint density at radius 1 is 0.612 bits per heavy atom. The Bertz CT molecular complexity index is 1600. The van der Waals surface area contributed by atoms with E-state index in [0.29, 0.717) is 5.75 Å². The second kappa shape index (κ2) is 18.5. The van der Waals surface area contributed by atoms with Crippen LogP contribution < -0.4 is 9.47 Å². The minimum Gasteiger partial charge on any atom is -0.496 e. The summed E-state index contributed by atoms with van der Waals surface area (Å²) >= 11 is 0. The van der Waals surface area contributed by atoms with Gasteiger partial charge in [-0.25, -0.2) is 0 Å². The Balaban J connectivity index is 1.47. The van der Waals surface area contributed by atoms with Crippen molar-refractivity contribution in [3.05, 3.63) is 108 Å². The summed E-state index contributed by atoms with van der Waals surface area (Å²) in [5.74, 6) is 1.34. The summed E-state index contributed by atoms with van der Waals surface area (Å²) in [6.45, 7) is 13.2. The van der Waals surface area contributed by atoms with Crippen molar-refractivity contribution in [2.45, 2.75) is 109 Å². The first-order valence-electron chi connectivity index (χ1n) is 18.3. The molecule has 0 aliphatic carbocycles. The van der Waals surface area contributed by atoms with Gasteiger partial charge in [-0.15, -0.1) is 0 Å². The van der Waals surface area contributed by atoms with Gasteiger partial charge in [0.05, 0.1) is 7.11 Å². The SMILES string of the molecule is COc1ccc(C(CCCCCCCCCC[Si](C)(C)O[Si](C)(C)C)c2ccc(OC(C)=O)c(-c3ccccc3)c2)cc1-c1ccccc1. The molecular formula is C43H58O4Si2. The fourth-order valence-corrected chi connectivity index (χ4v) is 15.1. The zero-order chi connectivity index (χ0) is 35.3. The first-order chi connectivity index (χ1) is 23.5. The molecule has 4 aromatic carbocycles. The largest absolute Gasteiger partial charge is 0.496 e. The standard InChI is InChI=1S/C43H58O4Si2/c1-34(44)46-43-30-28-38(33-41(43)36-24-18-15-19-25-36)39(37-27-29-42(45-2)40(32-37)35-22-16-14-17-23-35)26-20-12-10-8-9-11-13-21-31-49(6,7)47-48(3,4)5/h14-19,22-25,27-30,32-33,39H,8-13,20-21,26,31H2,1-7H3. The van der Waals surface area contributed by atoms with Gasteiger partial charge in [0.1, 0.15) is 11.5 Å². The Labute approximate surface area is 298 Å². The van der Waals surface area contributed by atoms with Gasteiger partial charge < -0.3 is 13.6 Å². The zero-order valence-electron chi connectivity index (χ0n) is 31.0. The van der Waals surface area contributed by atoms with Crippen LogP contribution in [0.2, 0.25) is 38.8 Å². The molecule has 1 atom stereocenters. The Hall–Kier alpha value is -3.46. The fraction of sp³-hybridized carbons (Fsp3) is 0.419. The molecular weight excluding hydrogens is 637 g/mol. The van der Waals surface area contributed by atoms with Gasteiger partial charge in [-0.3, -0.25) is 4.79 Å². The second-order valence-corrected chi connectivity index (χ2v) is 24.0. The lowest BCUT2D eigenvalue weighted by Gasteiger charge is -2.31. The van der Waals surface area contributed by atoms with Crippen molar-refractivity contribution in [3.8, 4) is 33.8 Å². The maximum atomic E-state index is 12.0. The molecule has 0 N–H and O–H groups in total. The van der Waals surface area contributed by atoms with Crippen LogP contribution in [0.25, 0.3) is 22.3 Å². The monoisotopic (exact) mass is 694 g/mol. The molecule has 0 aromatic heterocycles. The van der Waals surface area contributed by atoms with E-state index < -0.39 is 16.6 Å². The normalized spacial score (nSPS) is 12.5. The van der Waals surface area contributed by atoms with Gasteiger partial charge in [0, 0.05) is 24.0 Å². The second-order valence-electron chi connectivity index (χ2n) is 14.9. The maximum absolute atomic E-state index is 12.0. The quantitative estimate of drug-likeness (QED) is 0.0424. The molecule has 4 rings (SSSR count). The van der Waals surface area contributed by atoms with Gasteiger partial charge in [0.25, 0.3) is 0 Å². The van der Waals surface area contributed by atoms with Crippen molar-refractivity contribution in [3.63, 3.8) is 0 Å². The number of hydrogen-bond acceptors (Lipinski definition) is 4. The summed E-state index contributed by atoms with van der Waals surface area (Å²) in [6.07, 6.45) is 11.2. The average Bonchev–Trinajstić information content (AvgIpc) is 3.07. The molecule has 262 valence electrons. The van der Waals surface area contributed by atoms with Crippen molar-refractivity contribution in [2.24, 2.45) is 0 Å². The van der Waals surface area contributed by atoms with Crippen LogP contribution in [0, 0.1) is 0 Å².